The Bertz CT molecular complexity index is 650. The minimum Gasteiger partial charge on any atom is -0.497 e. The van der Waals surface area contributed by atoms with Crippen LogP contribution in [-0.2, 0) is 7.05 Å². The minimum atomic E-state index is 0.0158. The number of rotatable bonds is 3. The molecule has 1 aromatic heterocycles. The summed E-state index contributed by atoms with van der Waals surface area (Å²) >= 11 is 0. The highest BCUT2D eigenvalue weighted by atomic mass is 16.5. The fourth-order valence-electron chi connectivity index (χ4n) is 2.80. The molecule has 22 heavy (non-hydrogen) atoms. The van der Waals surface area contributed by atoms with Gasteiger partial charge in [0.2, 0.25) is 0 Å². The van der Waals surface area contributed by atoms with Gasteiger partial charge >= 0.3 is 0 Å². The number of nitrogens with one attached hydrogen (secondary N) is 1. The van der Waals surface area contributed by atoms with Crippen molar-refractivity contribution in [3.05, 3.63) is 47.8 Å². The maximum Gasteiger partial charge on any atom is 0.272 e. The van der Waals surface area contributed by atoms with E-state index in [2.05, 4.69) is 10.4 Å². The van der Waals surface area contributed by atoms with Gasteiger partial charge in [0, 0.05) is 32.9 Å². The quantitative estimate of drug-likeness (QED) is 0.926. The zero-order valence-corrected chi connectivity index (χ0v) is 12.8. The number of benzene rings is 1. The normalized spacial score (nSPS) is 18.3. The molecule has 1 amide bonds. The van der Waals surface area contributed by atoms with Gasteiger partial charge in [-0.1, -0.05) is 12.1 Å². The van der Waals surface area contributed by atoms with Gasteiger partial charge in [-0.15, -0.1) is 0 Å². The second-order valence-corrected chi connectivity index (χ2v) is 5.33. The fraction of sp³-hybridized carbons (Fsp3) is 0.375. The molecular formula is C16H20N4O2. The Morgan fingerprint density at radius 2 is 2.09 bits per heavy atom. The van der Waals surface area contributed by atoms with Crippen LogP contribution in [-0.4, -0.2) is 47.3 Å². The number of amides is 1. The summed E-state index contributed by atoms with van der Waals surface area (Å²) in [5.74, 6) is 0.833. The van der Waals surface area contributed by atoms with Crippen LogP contribution < -0.4 is 10.1 Å². The molecule has 6 heteroatoms. The van der Waals surface area contributed by atoms with Crippen LogP contribution in [0.25, 0.3) is 0 Å². The summed E-state index contributed by atoms with van der Waals surface area (Å²) in [5.41, 5.74) is 1.71. The van der Waals surface area contributed by atoms with E-state index in [4.69, 9.17) is 4.74 Å². The first-order chi connectivity index (χ1) is 10.7. The molecule has 1 N–H and O–H groups in total. The summed E-state index contributed by atoms with van der Waals surface area (Å²) < 4.78 is 6.82. The summed E-state index contributed by atoms with van der Waals surface area (Å²) in [7, 11) is 3.44. The minimum absolute atomic E-state index is 0.0158. The molecule has 1 fully saturated rings. The number of aromatic nitrogens is 2. The molecule has 1 atom stereocenters. The van der Waals surface area contributed by atoms with Gasteiger partial charge in [0.15, 0.2) is 0 Å². The lowest BCUT2D eigenvalue weighted by molar-refractivity contribution is 0.0623. The predicted octanol–water partition coefficient (Wildman–Crippen LogP) is 1.22. The third kappa shape index (κ3) is 2.69. The summed E-state index contributed by atoms with van der Waals surface area (Å²) in [6.07, 6.45) is 1.65. The summed E-state index contributed by atoms with van der Waals surface area (Å²) in [6, 6.07) is 9.66. The molecule has 0 saturated carbocycles. The van der Waals surface area contributed by atoms with Crippen molar-refractivity contribution in [1.29, 1.82) is 0 Å². The van der Waals surface area contributed by atoms with Crippen LogP contribution in [0.2, 0.25) is 0 Å². The third-order valence-electron chi connectivity index (χ3n) is 4.04. The van der Waals surface area contributed by atoms with Crippen molar-refractivity contribution >= 4 is 5.91 Å². The zero-order chi connectivity index (χ0) is 15.5. The molecule has 0 bridgehead atoms. The second-order valence-electron chi connectivity index (χ2n) is 5.33. The molecule has 0 radical (unpaired) electrons. The van der Waals surface area contributed by atoms with Crippen molar-refractivity contribution in [1.82, 2.24) is 20.0 Å². The van der Waals surface area contributed by atoms with E-state index >= 15 is 0 Å². The van der Waals surface area contributed by atoms with Crippen LogP contribution in [0.4, 0.5) is 0 Å². The van der Waals surface area contributed by atoms with Gasteiger partial charge in [-0.3, -0.25) is 9.48 Å². The van der Waals surface area contributed by atoms with Crippen LogP contribution in [0.15, 0.2) is 36.5 Å². The first kappa shape index (κ1) is 14.6. The Kier molecular flexibility index (Phi) is 4.11. The van der Waals surface area contributed by atoms with E-state index in [-0.39, 0.29) is 11.9 Å². The Morgan fingerprint density at radius 3 is 2.73 bits per heavy atom. The molecule has 1 aliphatic rings. The first-order valence-electron chi connectivity index (χ1n) is 7.34. The Hall–Kier alpha value is -2.34. The van der Waals surface area contributed by atoms with Crippen LogP contribution in [0.5, 0.6) is 5.75 Å². The zero-order valence-electron chi connectivity index (χ0n) is 12.8. The van der Waals surface area contributed by atoms with Crippen molar-refractivity contribution < 1.29 is 9.53 Å². The van der Waals surface area contributed by atoms with Crippen molar-refractivity contribution in [3.63, 3.8) is 0 Å². The van der Waals surface area contributed by atoms with Crippen LogP contribution in [0, 0.1) is 0 Å². The highest BCUT2D eigenvalue weighted by Gasteiger charge is 2.29. The molecule has 3 rings (SSSR count). The first-order valence-corrected chi connectivity index (χ1v) is 7.34. The van der Waals surface area contributed by atoms with Crippen molar-refractivity contribution in [2.75, 3.05) is 26.7 Å². The van der Waals surface area contributed by atoms with Gasteiger partial charge in [-0.2, -0.15) is 5.10 Å². The van der Waals surface area contributed by atoms with Crippen molar-refractivity contribution in [2.24, 2.45) is 7.05 Å². The lowest BCUT2D eigenvalue weighted by atomic mass is 10.0. The van der Waals surface area contributed by atoms with Crippen molar-refractivity contribution in [3.8, 4) is 5.75 Å². The molecule has 6 nitrogen and oxygen atoms in total. The number of piperazine rings is 1. The van der Waals surface area contributed by atoms with Gasteiger partial charge in [-0.05, 0) is 23.8 Å². The van der Waals surface area contributed by atoms with Gasteiger partial charge in [0.1, 0.15) is 11.4 Å². The molecular weight excluding hydrogens is 280 g/mol. The number of methoxy groups -OCH3 is 1. The number of hydrogen-bond acceptors (Lipinski definition) is 4. The number of ether oxygens (including phenoxy) is 1. The summed E-state index contributed by atoms with van der Waals surface area (Å²) in [6.45, 7) is 2.23. The smallest absolute Gasteiger partial charge is 0.272 e. The summed E-state index contributed by atoms with van der Waals surface area (Å²) in [4.78, 5) is 14.7. The molecule has 2 aromatic rings. The predicted molar refractivity (Wildman–Crippen MR) is 82.8 cm³/mol. The maximum absolute atomic E-state index is 12.8. The molecule has 0 spiro atoms. The largest absolute Gasteiger partial charge is 0.497 e. The molecule has 1 unspecified atom stereocenters. The highest BCUT2D eigenvalue weighted by molar-refractivity contribution is 5.93. The van der Waals surface area contributed by atoms with E-state index in [1.54, 1.807) is 31.1 Å². The van der Waals surface area contributed by atoms with Gasteiger partial charge in [-0.25, -0.2) is 0 Å². The molecule has 1 aromatic carbocycles. The average Bonchev–Trinajstić information content (AvgIpc) is 3.00. The lowest BCUT2D eigenvalue weighted by Crippen LogP contribution is -2.49. The number of hydrogen-bond donors (Lipinski definition) is 1. The molecule has 2 heterocycles. The third-order valence-corrected chi connectivity index (χ3v) is 4.04. The van der Waals surface area contributed by atoms with E-state index in [0.29, 0.717) is 12.2 Å². The van der Waals surface area contributed by atoms with E-state index < -0.39 is 0 Å². The Labute approximate surface area is 129 Å². The van der Waals surface area contributed by atoms with Gasteiger partial charge < -0.3 is 15.0 Å². The van der Waals surface area contributed by atoms with Gasteiger partial charge in [0.05, 0.1) is 13.2 Å². The van der Waals surface area contributed by atoms with E-state index in [1.807, 2.05) is 29.2 Å². The molecule has 0 aliphatic carbocycles. The highest BCUT2D eigenvalue weighted by Crippen LogP contribution is 2.25. The Balaban J connectivity index is 1.87. The van der Waals surface area contributed by atoms with Crippen molar-refractivity contribution in [2.45, 2.75) is 6.04 Å². The summed E-state index contributed by atoms with van der Waals surface area (Å²) in [5, 5.41) is 7.45. The standard InChI is InChI=1S/C16H20N4O2/c1-19-14(7-8-18-19)16(21)20-10-9-17-11-15(20)12-3-5-13(22-2)6-4-12/h3-8,15,17H,9-11H2,1-2H3. The van der Waals surface area contributed by atoms with Crippen LogP contribution in [0.1, 0.15) is 22.1 Å². The SMILES string of the molecule is COc1ccc(C2CNCCN2C(=O)c2ccnn2C)cc1. The molecule has 116 valence electrons. The Morgan fingerprint density at radius 1 is 1.32 bits per heavy atom. The van der Waals surface area contributed by atoms with Gasteiger partial charge in [0.25, 0.3) is 5.91 Å². The van der Waals surface area contributed by atoms with E-state index in [0.717, 1.165) is 24.4 Å². The number of nitrogens with zero attached hydrogens (tertiary/aromatic N) is 3. The maximum atomic E-state index is 12.8. The monoisotopic (exact) mass is 300 g/mol. The van der Waals surface area contributed by atoms with Crippen LogP contribution >= 0.6 is 0 Å². The van der Waals surface area contributed by atoms with Crippen LogP contribution in [0.3, 0.4) is 0 Å². The lowest BCUT2D eigenvalue weighted by Gasteiger charge is -2.36. The number of carbonyl (C=O) groups is 1. The second kappa shape index (κ2) is 6.19. The molecule has 1 aliphatic heterocycles. The fourth-order valence-corrected chi connectivity index (χ4v) is 2.80. The van der Waals surface area contributed by atoms with E-state index in [9.17, 15) is 4.79 Å². The average molecular weight is 300 g/mol. The number of carbonyl (C=O) groups excluding carboxylic acids is 1. The topological polar surface area (TPSA) is 59.4 Å². The number of aryl methyl sites for hydroxylation is 1. The van der Waals surface area contributed by atoms with E-state index in [1.165, 1.54) is 0 Å². The molecule has 1 saturated heterocycles.